The number of nitrogens with zero attached hydrogens (tertiary/aromatic N) is 2. The van der Waals surface area contributed by atoms with Crippen LogP contribution in [-0.4, -0.2) is 34.1 Å². The molecule has 0 radical (unpaired) electrons. The molecule has 0 atom stereocenters. The molecule has 0 fully saturated rings. The van der Waals surface area contributed by atoms with Crippen LogP contribution >= 0.6 is 0 Å². The van der Waals surface area contributed by atoms with Gasteiger partial charge >= 0.3 is 0 Å². The second-order valence-electron chi connectivity index (χ2n) is 4.65. The van der Waals surface area contributed by atoms with Gasteiger partial charge in [0.25, 0.3) is 0 Å². The first-order valence-electron chi connectivity index (χ1n) is 5.89. The Bertz CT molecular complexity index is 445. The molecular weight excluding hydrogens is 234 g/mol. The quantitative estimate of drug-likeness (QED) is 0.455. The van der Waals surface area contributed by atoms with E-state index in [4.69, 9.17) is 0 Å². The van der Waals surface area contributed by atoms with Crippen molar-refractivity contribution in [1.82, 2.24) is 5.32 Å². The SMILES string of the molecule is CC1(CCNCCc2cc(O)c(O)c(O)c2)N=N1. The number of benzene rings is 1. The van der Waals surface area contributed by atoms with E-state index in [9.17, 15) is 15.3 Å². The van der Waals surface area contributed by atoms with Gasteiger partial charge in [-0.1, -0.05) is 0 Å². The van der Waals surface area contributed by atoms with E-state index < -0.39 is 5.75 Å². The molecule has 1 aliphatic rings. The van der Waals surface area contributed by atoms with E-state index >= 15 is 0 Å². The highest BCUT2D eigenvalue weighted by molar-refractivity contribution is 5.51. The van der Waals surface area contributed by atoms with Gasteiger partial charge < -0.3 is 20.6 Å². The second-order valence-corrected chi connectivity index (χ2v) is 4.65. The molecule has 1 aromatic carbocycles. The number of phenols is 3. The van der Waals surface area contributed by atoms with Crippen LogP contribution in [0.25, 0.3) is 0 Å². The van der Waals surface area contributed by atoms with E-state index in [0.29, 0.717) is 6.42 Å². The smallest absolute Gasteiger partial charge is 0.200 e. The number of nitrogens with one attached hydrogen (secondary N) is 1. The van der Waals surface area contributed by atoms with Crippen LogP contribution in [0.5, 0.6) is 17.2 Å². The third-order valence-corrected chi connectivity index (χ3v) is 2.94. The molecule has 0 saturated heterocycles. The van der Waals surface area contributed by atoms with Gasteiger partial charge in [0.2, 0.25) is 0 Å². The van der Waals surface area contributed by atoms with E-state index in [0.717, 1.165) is 25.1 Å². The van der Waals surface area contributed by atoms with Gasteiger partial charge in [-0.25, -0.2) is 0 Å². The maximum atomic E-state index is 9.34. The van der Waals surface area contributed by atoms with E-state index in [-0.39, 0.29) is 17.2 Å². The van der Waals surface area contributed by atoms with Gasteiger partial charge in [-0.2, -0.15) is 10.2 Å². The zero-order valence-electron chi connectivity index (χ0n) is 10.2. The molecule has 1 aromatic rings. The summed E-state index contributed by atoms with van der Waals surface area (Å²) >= 11 is 0. The van der Waals surface area contributed by atoms with Crippen molar-refractivity contribution in [2.24, 2.45) is 10.2 Å². The highest BCUT2D eigenvalue weighted by Crippen LogP contribution is 2.35. The lowest BCUT2D eigenvalue weighted by atomic mass is 10.1. The molecule has 0 aromatic heterocycles. The second kappa shape index (κ2) is 4.81. The first-order chi connectivity index (χ1) is 8.50. The zero-order valence-corrected chi connectivity index (χ0v) is 10.2. The van der Waals surface area contributed by atoms with Crippen LogP contribution in [0.2, 0.25) is 0 Å². The van der Waals surface area contributed by atoms with Crippen LogP contribution in [0.1, 0.15) is 18.9 Å². The number of rotatable bonds is 6. The van der Waals surface area contributed by atoms with E-state index in [2.05, 4.69) is 15.5 Å². The molecule has 1 aliphatic heterocycles. The Balaban J connectivity index is 1.73. The lowest BCUT2D eigenvalue weighted by molar-refractivity contribution is 0.367. The van der Waals surface area contributed by atoms with Gasteiger partial charge in [-0.3, -0.25) is 0 Å². The molecule has 4 N–H and O–H groups in total. The predicted molar refractivity (Wildman–Crippen MR) is 65.9 cm³/mol. The Labute approximate surface area is 105 Å². The molecule has 0 spiro atoms. The Morgan fingerprint density at radius 2 is 1.72 bits per heavy atom. The van der Waals surface area contributed by atoms with E-state index in [1.54, 1.807) is 0 Å². The van der Waals surface area contributed by atoms with Gasteiger partial charge in [0.15, 0.2) is 22.9 Å². The fourth-order valence-corrected chi connectivity index (χ4v) is 1.67. The summed E-state index contributed by atoms with van der Waals surface area (Å²) in [5, 5.41) is 39.0. The van der Waals surface area contributed by atoms with Gasteiger partial charge in [0, 0.05) is 6.42 Å². The minimum Gasteiger partial charge on any atom is -0.504 e. The van der Waals surface area contributed by atoms with Crippen LogP contribution in [0.4, 0.5) is 0 Å². The van der Waals surface area contributed by atoms with Crippen LogP contribution < -0.4 is 5.32 Å². The van der Waals surface area contributed by atoms with Crippen molar-refractivity contribution >= 4 is 0 Å². The van der Waals surface area contributed by atoms with Gasteiger partial charge in [-0.05, 0) is 44.1 Å². The molecule has 0 unspecified atom stereocenters. The van der Waals surface area contributed by atoms with Crippen molar-refractivity contribution in [3.8, 4) is 17.2 Å². The highest BCUT2D eigenvalue weighted by Gasteiger charge is 2.32. The molecule has 1 heterocycles. The summed E-state index contributed by atoms with van der Waals surface area (Å²) in [5.74, 6) is -1.07. The lowest BCUT2D eigenvalue weighted by Gasteiger charge is -2.08. The van der Waals surface area contributed by atoms with Gasteiger partial charge in [0.1, 0.15) is 0 Å². The van der Waals surface area contributed by atoms with Crippen LogP contribution in [0, 0.1) is 0 Å². The van der Waals surface area contributed by atoms with Crippen LogP contribution in [0.3, 0.4) is 0 Å². The van der Waals surface area contributed by atoms with Crippen molar-refractivity contribution in [1.29, 1.82) is 0 Å². The fraction of sp³-hybridized carbons (Fsp3) is 0.500. The monoisotopic (exact) mass is 251 g/mol. The minimum absolute atomic E-state index is 0.178. The molecule has 0 aliphatic carbocycles. The van der Waals surface area contributed by atoms with Gasteiger partial charge in [-0.15, -0.1) is 0 Å². The van der Waals surface area contributed by atoms with Crippen molar-refractivity contribution in [3.63, 3.8) is 0 Å². The summed E-state index contributed by atoms with van der Waals surface area (Å²) in [6.07, 6.45) is 1.53. The molecule has 6 heteroatoms. The van der Waals surface area contributed by atoms with E-state index in [1.807, 2.05) is 6.92 Å². The Morgan fingerprint density at radius 3 is 2.28 bits per heavy atom. The molecule has 6 nitrogen and oxygen atoms in total. The number of aromatic hydroxyl groups is 3. The molecular formula is C12H17N3O3. The minimum atomic E-state index is -0.475. The summed E-state index contributed by atoms with van der Waals surface area (Å²) in [6.45, 7) is 3.52. The van der Waals surface area contributed by atoms with Crippen LogP contribution in [0.15, 0.2) is 22.4 Å². The average Bonchev–Trinajstić information content (AvgIpc) is 3.04. The summed E-state index contributed by atoms with van der Waals surface area (Å²) in [6, 6.07) is 2.90. The predicted octanol–water partition coefficient (Wildman–Crippen LogP) is 1.51. The normalized spacial score (nSPS) is 15.8. The summed E-state index contributed by atoms with van der Waals surface area (Å²) in [5.41, 5.74) is 0.588. The Morgan fingerprint density at radius 1 is 1.11 bits per heavy atom. The maximum Gasteiger partial charge on any atom is 0.200 e. The highest BCUT2D eigenvalue weighted by atomic mass is 16.3. The fourth-order valence-electron chi connectivity index (χ4n) is 1.67. The molecule has 2 rings (SSSR count). The van der Waals surface area contributed by atoms with Crippen molar-refractivity contribution in [2.75, 3.05) is 13.1 Å². The first kappa shape index (κ1) is 12.6. The molecule has 18 heavy (non-hydrogen) atoms. The Kier molecular flexibility index (Phi) is 3.38. The Hall–Kier alpha value is -1.82. The zero-order chi connectivity index (χ0) is 13.2. The van der Waals surface area contributed by atoms with Crippen LogP contribution in [-0.2, 0) is 6.42 Å². The maximum absolute atomic E-state index is 9.34. The summed E-state index contributed by atoms with van der Waals surface area (Å²) < 4.78 is 0. The van der Waals surface area contributed by atoms with Crippen molar-refractivity contribution in [3.05, 3.63) is 17.7 Å². The third kappa shape index (κ3) is 3.10. The molecule has 98 valence electrons. The van der Waals surface area contributed by atoms with E-state index in [1.165, 1.54) is 12.1 Å². The van der Waals surface area contributed by atoms with Crippen molar-refractivity contribution in [2.45, 2.75) is 25.4 Å². The largest absolute Gasteiger partial charge is 0.504 e. The lowest BCUT2D eigenvalue weighted by Crippen LogP contribution is -2.22. The number of phenolic OH excluding ortho intramolecular Hbond substituents is 3. The van der Waals surface area contributed by atoms with Crippen molar-refractivity contribution < 1.29 is 15.3 Å². The molecule has 0 bridgehead atoms. The van der Waals surface area contributed by atoms with Gasteiger partial charge in [0.05, 0.1) is 0 Å². The number of hydrogen-bond acceptors (Lipinski definition) is 6. The first-order valence-corrected chi connectivity index (χ1v) is 5.89. The summed E-state index contributed by atoms with van der Waals surface area (Å²) in [4.78, 5) is 0. The average molecular weight is 251 g/mol. The standard InChI is InChI=1S/C12H17N3O3/c1-12(14-15-12)3-5-13-4-2-8-6-9(16)11(18)10(17)7-8/h6-7,13,16-18H,2-5H2,1H3. The third-order valence-electron chi connectivity index (χ3n) is 2.94. The number of hydrogen-bond donors (Lipinski definition) is 4. The topological polar surface area (TPSA) is 97.4 Å². The molecule has 0 saturated carbocycles. The molecule has 0 amide bonds. The summed E-state index contributed by atoms with van der Waals surface area (Å²) in [7, 11) is 0.